The first-order valence-electron chi connectivity index (χ1n) is 11.2. The molecule has 4 nitrogen and oxygen atoms in total. The van der Waals surface area contributed by atoms with Crippen LogP contribution in [0.5, 0.6) is 0 Å². The number of fused-ring (bicyclic) bond motifs is 2. The monoisotopic (exact) mass is 447 g/mol. The Bertz CT molecular complexity index is 848. The van der Waals surface area contributed by atoms with Gasteiger partial charge in [-0.2, -0.15) is 0 Å². The van der Waals surface area contributed by atoms with Crippen molar-refractivity contribution in [3.05, 3.63) is 28.2 Å². The minimum atomic E-state index is -0.297. The predicted octanol–water partition coefficient (Wildman–Crippen LogP) is 3.24. The number of rotatable bonds is 3. The standard InChI is InChI=1S/C23H32BrN2O2/c1-4-8-26-17-10-14(13(5-2)22(26)28)19-18(26)11-23(21(19)27)15-9-12(24)6-7-16(15)25(3)20(17)23/h6-7,9,13-14,17-22,27-28H,4-5,8,10-11H2,1-3H3/q+1/t13-,14-,17+,18-,19+,20+,21+,22-,23+,26?/m0/s1. The third-order valence-electron chi connectivity index (χ3n) is 9.78. The molecule has 1 aliphatic carbocycles. The second kappa shape index (κ2) is 5.54. The molecule has 1 aromatic rings. The second-order valence-electron chi connectivity index (χ2n) is 10.2. The van der Waals surface area contributed by atoms with E-state index < -0.39 is 0 Å². The lowest BCUT2D eigenvalue weighted by Crippen LogP contribution is -2.83. The van der Waals surface area contributed by atoms with Gasteiger partial charge in [0.25, 0.3) is 0 Å². The van der Waals surface area contributed by atoms with Crippen LogP contribution in [0.1, 0.15) is 45.1 Å². The molecule has 4 saturated heterocycles. The summed E-state index contributed by atoms with van der Waals surface area (Å²) in [5.74, 6) is 1.13. The van der Waals surface area contributed by atoms with Crippen LogP contribution in [0.3, 0.4) is 0 Å². The summed E-state index contributed by atoms with van der Waals surface area (Å²) in [4.78, 5) is 2.47. The van der Waals surface area contributed by atoms with Crippen molar-refractivity contribution in [1.82, 2.24) is 0 Å². The molecular formula is C23H32BrN2O2+. The highest BCUT2D eigenvalue weighted by Crippen LogP contribution is 2.71. The van der Waals surface area contributed by atoms with Gasteiger partial charge in [0.1, 0.15) is 6.04 Å². The SMILES string of the molecule is CCC[N+]12[C@@H]3C[C@@H]([C@H](CC)[C@@H]1O)[C@H]1[C@@H](O)[C@]4(C[C@@H]12)c1cc(Br)ccc1N(C)[C@H]34. The first-order chi connectivity index (χ1) is 13.4. The minimum Gasteiger partial charge on any atom is -0.392 e. The topological polar surface area (TPSA) is 43.7 Å². The Morgan fingerprint density at radius 2 is 2.04 bits per heavy atom. The van der Waals surface area contributed by atoms with E-state index in [9.17, 15) is 10.2 Å². The van der Waals surface area contributed by atoms with E-state index >= 15 is 0 Å². The van der Waals surface area contributed by atoms with Gasteiger partial charge in [0.05, 0.1) is 30.1 Å². The number of aliphatic hydroxyl groups excluding tert-OH is 2. The second-order valence-corrected chi connectivity index (χ2v) is 11.1. The molecule has 5 bridgehead atoms. The Morgan fingerprint density at radius 1 is 1.25 bits per heavy atom. The van der Waals surface area contributed by atoms with Crippen LogP contribution in [0.2, 0.25) is 0 Å². The highest BCUT2D eigenvalue weighted by molar-refractivity contribution is 9.10. The third-order valence-corrected chi connectivity index (χ3v) is 10.3. The van der Waals surface area contributed by atoms with Crippen molar-refractivity contribution in [2.45, 2.75) is 75.4 Å². The van der Waals surface area contributed by atoms with Crippen LogP contribution in [0.15, 0.2) is 22.7 Å². The first-order valence-corrected chi connectivity index (χ1v) is 12.0. The van der Waals surface area contributed by atoms with Crippen LogP contribution < -0.4 is 4.90 Å². The largest absolute Gasteiger partial charge is 0.392 e. The van der Waals surface area contributed by atoms with E-state index in [0.29, 0.717) is 29.8 Å². The van der Waals surface area contributed by atoms with E-state index in [4.69, 9.17) is 0 Å². The fourth-order valence-corrected chi connectivity index (χ4v) is 9.60. The highest BCUT2D eigenvalue weighted by Gasteiger charge is 2.82. The lowest BCUT2D eigenvalue weighted by Gasteiger charge is -2.68. The molecule has 1 saturated carbocycles. The number of nitrogens with zero attached hydrogens (tertiary/aromatic N) is 2. The smallest absolute Gasteiger partial charge is 0.194 e. The number of hydrogen-bond acceptors (Lipinski definition) is 3. The number of hydrogen-bond donors (Lipinski definition) is 2. The maximum atomic E-state index is 12.0. The maximum Gasteiger partial charge on any atom is 0.194 e. The summed E-state index contributed by atoms with van der Waals surface area (Å²) in [6, 6.07) is 7.75. The Labute approximate surface area is 176 Å². The quantitative estimate of drug-likeness (QED) is 0.698. The van der Waals surface area contributed by atoms with Crippen molar-refractivity contribution in [1.29, 1.82) is 0 Å². The van der Waals surface area contributed by atoms with Crippen LogP contribution >= 0.6 is 15.9 Å². The van der Waals surface area contributed by atoms with Crippen LogP contribution in [0, 0.1) is 17.8 Å². The first kappa shape index (κ1) is 18.2. The molecule has 5 heterocycles. The molecule has 10 atom stereocenters. The van der Waals surface area contributed by atoms with E-state index in [1.807, 2.05) is 0 Å². The number of quaternary nitrogens is 1. The third kappa shape index (κ3) is 1.66. The van der Waals surface area contributed by atoms with Gasteiger partial charge in [-0.05, 0) is 42.5 Å². The molecule has 7 rings (SSSR count). The van der Waals surface area contributed by atoms with Crippen molar-refractivity contribution in [2.75, 3.05) is 18.5 Å². The molecule has 5 heteroatoms. The fourth-order valence-electron chi connectivity index (χ4n) is 9.24. The van der Waals surface area contributed by atoms with Gasteiger partial charge in [-0.25, -0.2) is 0 Å². The Hall–Kier alpha value is -0.620. The molecule has 1 aromatic carbocycles. The zero-order chi connectivity index (χ0) is 19.6. The summed E-state index contributed by atoms with van der Waals surface area (Å²) in [5, 5.41) is 23.7. The van der Waals surface area contributed by atoms with E-state index in [1.165, 1.54) is 17.7 Å². The van der Waals surface area contributed by atoms with Gasteiger partial charge in [-0.3, -0.25) is 4.48 Å². The molecule has 2 N–H and O–H groups in total. The lowest BCUT2D eigenvalue weighted by molar-refractivity contribution is -1.04. The van der Waals surface area contributed by atoms with E-state index in [-0.39, 0.29) is 23.8 Å². The molecule has 0 amide bonds. The molecular weight excluding hydrogens is 416 g/mol. The normalized spacial score (nSPS) is 52.3. The average molecular weight is 448 g/mol. The number of benzene rings is 1. The lowest BCUT2D eigenvalue weighted by atomic mass is 9.60. The molecule has 1 unspecified atom stereocenters. The zero-order valence-electron chi connectivity index (χ0n) is 17.1. The van der Waals surface area contributed by atoms with Crippen molar-refractivity contribution in [2.24, 2.45) is 17.8 Å². The van der Waals surface area contributed by atoms with Gasteiger partial charge in [0, 0.05) is 41.9 Å². The summed E-state index contributed by atoms with van der Waals surface area (Å²) in [6.07, 6.45) is 3.75. The van der Waals surface area contributed by atoms with Crippen LogP contribution in [0.25, 0.3) is 0 Å². The summed E-state index contributed by atoms with van der Waals surface area (Å²) >= 11 is 3.69. The van der Waals surface area contributed by atoms with Crippen LogP contribution in [-0.4, -0.2) is 58.7 Å². The number of piperidine rings is 4. The van der Waals surface area contributed by atoms with Crippen LogP contribution in [-0.2, 0) is 5.41 Å². The number of likely N-dealkylation sites (N-methyl/N-ethyl adjacent to an activating group) is 1. The number of halogens is 1. The Kier molecular flexibility index (Phi) is 3.60. The Balaban J connectivity index is 1.62. The van der Waals surface area contributed by atoms with Gasteiger partial charge < -0.3 is 15.1 Å². The molecule has 28 heavy (non-hydrogen) atoms. The molecule has 6 aliphatic rings. The van der Waals surface area contributed by atoms with Crippen molar-refractivity contribution < 1.29 is 14.7 Å². The predicted molar refractivity (Wildman–Crippen MR) is 113 cm³/mol. The van der Waals surface area contributed by atoms with Gasteiger partial charge in [-0.1, -0.05) is 29.8 Å². The summed E-state index contributed by atoms with van der Waals surface area (Å²) in [6.45, 7) is 5.54. The van der Waals surface area contributed by atoms with Crippen molar-refractivity contribution >= 4 is 21.6 Å². The zero-order valence-corrected chi connectivity index (χ0v) is 18.6. The summed E-state index contributed by atoms with van der Waals surface area (Å²) < 4.78 is 1.97. The van der Waals surface area contributed by atoms with E-state index in [1.54, 1.807) is 0 Å². The average Bonchev–Trinajstić information content (AvgIpc) is 3.05. The van der Waals surface area contributed by atoms with Crippen molar-refractivity contribution in [3.8, 4) is 0 Å². The van der Waals surface area contributed by atoms with E-state index in [0.717, 1.165) is 34.8 Å². The summed E-state index contributed by atoms with van der Waals surface area (Å²) in [7, 11) is 2.23. The molecule has 0 radical (unpaired) electrons. The van der Waals surface area contributed by atoms with Gasteiger partial charge in [0.15, 0.2) is 6.23 Å². The van der Waals surface area contributed by atoms with Crippen molar-refractivity contribution in [3.63, 3.8) is 0 Å². The molecule has 1 spiro atoms. The van der Waals surface area contributed by atoms with E-state index in [2.05, 4.69) is 59.9 Å². The minimum absolute atomic E-state index is 0.166. The fraction of sp³-hybridized carbons (Fsp3) is 0.739. The molecule has 0 aromatic heterocycles. The van der Waals surface area contributed by atoms with Gasteiger partial charge in [-0.15, -0.1) is 0 Å². The number of anilines is 1. The van der Waals surface area contributed by atoms with Gasteiger partial charge in [0.2, 0.25) is 0 Å². The Morgan fingerprint density at radius 3 is 2.75 bits per heavy atom. The molecule has 5 fully saturated rings. The molecule has 5 aliphatic heterocycles. The van der Waals surface area contributed by atoms with Crippen LogP contribution in [0.4, 0.5) is 5.69 Å². The maximum absolute atomic E-state index is 12.0. The highest BCUT2D eigenvalue weighted by atomic mass is 79.9. The number of aliphatic hydroxyl groups is 2. The summed E-state index contributed by atoms with van der Waals surface area (Å²) in [5.41, 5.74) is 2.47. The van der Waals surface area contributed by atoms with Gasteiger partial charge >= 0.3 is 0 Å². The molecule has 152 valence electrons.